The van der Waals surface area contributed by atoms with Crippen molar-refractivity contribution in [3.63, 3.8) is 0 Å². The Kier molecular flexibility index (Phi) is 3.62. The van der Waals surface area contributed by atoms with Crippen LogP contribution in [0.1, 0.15) is 32.6 Å². The minimum atomic E-state index is 0.335. The van der Waals surface area contributed by atoms with Gasteiger partial charge in [-0.05, 0) is 37.4 Å². The highest BCUT2D eigenvalue weighted by atomic mass is 32.1. The predicted molar refractivity (Wildman–Crippen MR) is 65.7 cm³/mol. The van der Waals surface area contributed by atoms with E-state index in [9.17, 15) is 0 Å². The molecule has 0 saturated heterocycles. The Labute approximate surface area is 97.1 Å². The lowest BCUT2D eigenvalue weighted by atomic mass is 10.1. The maximum Gasteiger partial charge on any atom is 0.256 e. The lowest BCUT2D eigenvalue weighted by molar-refractivity contribution is 0.159. The normalized spacial score (nSPS) is 31.9. The van der Waals surface area contributed by atoms with Crippen LogP contribution in [0.15, 0.2) is 12.2 Å². The molecule has 0 heterocycles. The van der Waals surface area contributed by atoms with Crippen LogP contribution in [-0.2, 0) is 4.74 Å². The van der Waals surface area contributed by atoms with Crippen molar-refractivity contribution in [2.24, 2.45) is 11.8 Å². The second kappa shape index (κ2) is 4.97. The number of allylic oxidation sites excluding steroid dienone is 1. The summed E-state index contributed by atoms with van der Waals surface area (Å²) < 4.78 is 5.76. The molecule has 2 rings (SSSR count). The van der Waals surface area contributed by atoms with Crippen LogP contribution in [0.25, 0.3) is 0 Å². The first-order valence-electron chi connectivity index (χ1n) is 5.92. The fourth-order valence-electron chi connectivity index (χ4n) is 2.41. The van der Waals surface area contributed by atoms with Crippen LogP contribution in [0.2, 0.25) is 0 Å². The SMILES string of the molecule is CCCCNC(=S)OC1CC2C=CC1C2. The number of hydrogen-bond donors (Lipinski definition) is 1. The van der Waals surface area contributed by atoms with E-state index >= 15 is 0 Å². The first-order chi connectivity index (χ1) is 7.29. The van der Waals surface area contributed by atoms with E-state index in [1.54, 1.807) is 0 Å². The summed E-state index contributed by atoms with van der Waals surface area (Å²) in [4.78, 5) is 0. The molecule has 3 atom stereocenters. The van der Waals surface area contributed by atoms with Gasteiger partial charge in [-0.3, -0.25) is 0 Å². The van der Waals surface area contributed by atoms with Crippen LogP contribution in [0.5, 0.6) is 0 Å². The molecule has 1 N–H and O–H groups in total. The molecular formula is C12H19NOS. The lowest BCUT2D eigenvalue weighted by Gasteiger charge is -2.20. The Hall–Kier alpha value is -0.570. The highest BCUT2D eigenvalue weighted by molar-refractivity contribution is 7.80. The topological polar surface area (TPSA) is 21.3 Å². The standard InChI is InChI=1S/C12H19NOS/c1-2-3-6-13-12(15)14-11-8-9-4-5-10(11)7-9/h4-5,9-11H,2-3,6-8H2,1H3,(H,13,15). The molecule has 2 aliphatic carbocycles. The van der Waals surface area contributed by atoms with Gasteiger partial charge in [-0.25, -0.2) is 0 Å². The molecule has 84 valence electrons. The van der Waals surface area contributed by atoms with Gasteiger partial charge in [-0.15, -0.1) is 0 Å². The summed E-state index contributed by atoms with van der Waals surface area (Å²) in [5, 5.41) is 3.75. The maximum atomic E-state index is 5.76. The molecule has 15 heavy (non-hydrogen) atoms. The number of nitrogens with one attached hydrogen (secondary N) is 1. The van der Waals surface area contributed by atoms with Crippen LogP contribution >= 0.6 is 12.2 Å². The van der Waals surface area contributed by atoms with Gasteiger partial charge in [0.1, 0.15) is 6.10 Å². The summed E-state index contributed by atoms with van der Waals surface area (Å²) in [6.45, 7) is 3.11. The molecule has 0 aromatic heterocycles. The summed E-state index contributed by atoms with van der Waals surface area (Å²) in [6.07, 6.45) is 9.69. The zero-order chi connectivity index (χ0) is 10.7. The van der Waals surface area contributed by atoms with Gasteiger partial charge in [0.2, 0.25) is 0 Å². The predicted octanol–water partition coefficient (Wildman–Crippen LogP) is 2.64. The van der Waals surface area contributed by atoms with E-state index < -0.39 is 0 Å². The second-order valence-electron chi connectivity index (χ2n) is 4.50. The number of fused-ring (bicyclic) bond motifs is 2. The van der Waals surface area contributed by atoms with Crippen molar-refractivity contribution in [2.75, 3.05) is 6.54 Å². The van der Waals surface area contributed by atoms with Crippen LogP contribution in [0.4, 0.5) is 0 Å². The summed E-state index contributed by atoms with van der Waals surface area (Å²) in [7, 11) is 0. The van der Waals surface area contributed by atoms with Gasteiger partial charge in [0, 0.05) is 12.5 Å². The van der Waals surface area contributed by atoms with Crippen LogP contribution in [-0.4, -0.2) is 17.8 Å². The Bertz CT molecular complexity index is 264. The first kappa shape index (κ1) is 10.9. The van der Waals surface area contributed by atoms with Crippen LogP contribution < -0.4 is 5.32 Å². The maximum absolute atomic E-state index is 5.76. The average Bonchev–Trinajstić information content (AvgIpc) is 2.79. The van der Waals surface area contributed by atoms with E-state index in [1.165, 1.54) is 12.8 Å². The van der Waals surface area contributed by atoms with Crippen LogP contribution in [0.3, 0.4) is 0 Å². The second-order valence-corrected chi connectivity index (χ2v) is 4.88. The Morgan fingerprint density at radius 1 is 1.47 bits per heavy atom. The molecule has 2 bridgehead atoms. The van der Waals surface area contributed by atoms with Crippen LogP contribution in [0, 0.1) is 11.8 Å². The molecular weight excluding hydrogens is 206 g/mol. The highest BCUT2D eigenvalue weighted by Crippen LogP contribution is 2.40. The van der Waals surface area contributed by atoms with Crippen molar-refractivity contribution in [1.29, 1.82) is 0 Å². The van der Waals surface area contributed by atoms with Crippen molar-refractivity contribution in [3.8, 4) is 0 Å². The van der Waals surface area contributed by atoms with Gasteiger partial charge < -0.3 is 10.1 Å². The van der Waals surface area contributed by atoms with Gasteiger partial charge in [-0.2, -0.15) is 0 Å². The minimum absolute atomic E-state index is 0.335. The van der Waals surface area contributed by atoms with Gasteiger partial charge in [0.25, 0.3) is 5.17 Å². The quantitative estimate of drug-likeness (QED) is 0.451. The monoisotopic (exact) mass is 225 g/mol. The van der Waals surface area contributed by atoms with Gasteiger partial charge in [0.15, 0.2) is 0 Å². The lowest BCUT2D eigenvalue weighted by Crippen LogP contribution is -2.31. The fraction of sp³-hybridized carbons (Fsp3) is 0.750. The van der Waals surface area contributed by atoms with E-state index in [1.807, 2.05) is 0 Å². The number of rotatable bonds is 4. The van der Waals surface area contributed by atoms with E-state index in [2.05, 4.69) is 24.4 Å². The largest absolute Gasteiger partial charge is 0.467 e. The molecule has 3 heteroatoms. The van der Waals surface area contributed by atoms with Crippen molar-refractivity contribution in [1.82, 2.24) is 5.32 Å². The van der Waals surface area contributed by atoms with E-state index in [-0.39, 0.29) is 0 Å². The number of unbranched alkanes of at least 4 members (excludes halogenated alkanes) is 1. The molecule has 3 unspecified atom stereocenters. The van der Waals surface area contributed by atoms with Crippen molar-refractivity contribution < 1.29 is 4.74 Å². The molecule has 0 aliphatic heterocycles. The van der Waals surface area contributed by atoms with Gasteiger partial charge >= 0.3 is 0 Å². The molecule has 0 radical (unpaired) electrons. The molecule has 1 saturated carbocycles. The summed E-state index contributed by atoms with van der Waals surface area (Å²) >= 11 is 5.16. The summed E-state index contributed by atoms with van der Waals surface area (Å²) in [6, 6.07) is 0. The number of thiocarbonyl (C=S) groups is 1. The Morgan fingerprint density at radius 3 is 2.93 bits per heavy atom. The zero-order valence-corrected chi connectivity index (χ0v) is 10.1. The smallest absolute Gasteiger partial charge is 0.256 e. The summed E-state index contributed by atoms with van der Waals surface area (Å²) in [5.74, 6) is 1.36. The Morgan fingerprint density at radius 2 is 2.33 bits per heavy atom. The molecule has 0 amide bonds. The molecule has 0 spiro atoms. The third kappa shape index (κ3) is 2.71. The fourth-order valence-corrected chi connectivity index (χ4v) is 2.64. The third-order valence-electron chi connectivity index (χ3n) is 3.28. The minimum Gasteiger partial charge on any atom is -0.467 e. The van der Waals surface area contributed by atoms with E-state index in [4.69, 9.17) is 17.0 Å². The van der Waals surface area contributed by atoms with E-state index in [0.717, 1.165) is 25.3 Å². The summed E-state index contributed by atoms with van der Waals surface area (Å²) in [5.41, 5.74) is 0. The van der Waals surface area contributed by atoms with Gasteiger partial charge in [-0.1, -0.05) is 25.5 Å². The highest BCUT2D eigenvalue weighted by Gasteiger charge is 2.37. The first-order valence-corrected chi connectivity index (χ1v) is 6.33. The average molecular weight is 225 g/mol. The molecule has 0 aromatic rings. The molecule has 0 aromatic carbocycles. The zero-order valence-electron chi connectivity index (χ0n) is 9.24. The number of hydrogen-bond acceptors (Lipinski definition) is 2. The van der Waals surface area contributed by atoms with Gasteiger partial charge in [0.05, 0.1) is 0 Å². The Balaban J connectivity index is 1.69. The van der Waals surface area contributed by atoms with Crippen molar-refractivity contribution >= 4 is 17.4 Å². The molecule has 2 aliphatic rings. The molecule has 2 nitrogen and oxygen atoms in total. The third-order valence-corrected chi connectivity index (χ3v) is 3.52. The number of ether oxygens (including phenoxy) is 1. The molecule has 1 fully saturated rings. The van der Waals surface area contributed by atoms with Crippen molar-refractivity contribution in [3.05, 3.63) is 12.2 Å². The van der Waals surface area contributed by atoms with Crippen molar-refractivity contribution in [2.45, 2.75) is 38.7 Å². The van der Waals surface area contributed by atoms with E-state index in [0.29, 0.717) is 17.2 Å².